The number of sulfone groups is 1. The number of fused-ring (bicyclic) bond motifs is 3. The van der Waals surface area contributed by atoms with E-state index in [1.54, 1.807) is 31.6 Å². The van der Waals surface area contributed by atoms with Crippen molar-refractivity contribution in [3.8, 4) is 5.75 Å². The normalized spacial score (nSPS) is 18.3. The van der Waals surface area contributed by atoms with E-state index in [9.17, 15) is 22.3 Å². The van der Waals surface area contributed by atoms with E-state index in [0.29, 0.717) is 5.69 Å². The van der Waals surface area contributed by atoms with Crippen molar-refractivity contribution < 1.29 is 27.0 Å². The van der Waals surface area contributed by atoms with E-state index in [1.807, 2.05) is 4.90 Å². The van der Waals surface area contributed by atoms with E-state index in [2.05, 4.69) is 20.2 Å². The predicted octanol–water partition coefficient (Wildman–Crippen LogP) is 1.82. The molecule has 36 heavy (non-hydrogen) atoms. The molecule has 0 bridgehead atoms. The standard InChI is InChI=1S/C22H25F2N7O4S/c1-12-16(9-30(27-12)11-22(2,3)32)29-5-6-36(33,34)18(10-29)19-26-20-13-7-14(23)17(35-4)8-15(13)25-21(24)31(20)28-19/h7-9,18,32H,5-6,10-11H2,1-4H3/t18-/m0/s1. The topological polar surface area (TPSA) is 128 Å². The molecule has 0 unspecified atom stereocenters. The molecule has 1 fully saturated rings. The average molecular weight is 522 g/mol. The van der Waals surface area contributed by atoms with Crippen LogP contribution in [0.15, 0.2) is 18.3 Å². The van der Waals surface area contributed by atoms with Crippen LogP contribution < -0.4 is 9.64 Å². The molecule has 0 saturated carbocycles. The van der Waals surface area contributed by atoms with Crippen molar-refractivity contribution in [1.82, 2.24) is 29.4 Å². The number of nitrogens with zero attached hydrogens (tertiary/aromatic N) is 7. The lowest BCUT2D eigenvalue weighted by atomic mass is 10.1. The molecule has 192 valence electrons. The van der Waals surface area contributed by atoms with Crippen molar-refractivity contribution >= 4 is 32.1 Å². The van der Waals surface area contributed by atoms with Crippen LogP contribution in [0.1, 0.15) is 30.6 Å². The van der Waals surface area contributed by atoms with Gasteiger partial charge in [0.15, 0.2) is 32.9 Å². The fourth-order valence-corrected chi connectivity index (χ4v) is 6.01. The molecule has 5 rings (SSSR count). The molecule has 14 heteroatoms. The summed E-state index contributed by atoms with van der Waals surface area (Å²) in [7, 11) is -2.39. The second kappa shape index (κ2) is 8.34. The maximum atomic E-state index is 14.8. The molecule has 4 heterocycles. The minimum absolute atomic E-state index is 0.0173. The Kier molecular flexibility index (Phi) is 5.63. The van der Waals surface area contributed by atoms with Crippen molar-refractivity contribution in [2.24, 2.45) is 0 Å². The molecule has 1 aliphatic rings. The summed E-state index contributed by atoms with van der Waals surface area (Å²) in [5.74, 6) is -1.08. The second-order valence-electron chi connectivity index (χ2n) is 9.50. The van der Waals surface area contributed by atoms with Gasteiger partial charge in [-0.3, -0.25) is 4.68 Å². The third-order valence-electron chi connectivity index (χ3n) is 6.09. The van der Waals surface area contributed by atoms with Gasteiger partial charge >= 0.3 is 6.08 Å². The Bertz CT molecular complexity index is 1590. The Balaban J connectivity index is 1.55. The fourth-order valence-electron chi connectivity index (χ4n) is 4.43. The number of hydrogen-bond donors (Lipinski definition) is 1. The number of aromatic nitrogens is 6. The number of rotatable bonds is 5. The predicted molar refractivity (Wildman–Crippen MR) is 127 cm³/mol. The van der Waals surface area contributed by atoms with Crippen molar-refractivity contribution in [1.29, 1.82) is 0 Å². The van der Waals surface area contributed by atoms with Gasteiger partial charge in [0.25, 0.3) is 0 Å². The molecule has 4 aromatic rings. The fraction of sp³-hybridized carbons (Fsp3) is 0.455. The largest absolute Gasteiger partial charge is 0.494 e. The number of aryl methyl sites for hydroxylation is 1. The summed E-state index contributed by atoms with van der Waals surface area (Å²) in [6, 6.07) is 2.35. The highest BCUT2D eigenvalue weighted by Crippen LogP contribution is 2.32. The number of methoxy groups -OCH3 is 1. The molecular weight excluding hydrogens is 496 g/mol. The highest BCUT2D eigenvalue weighted by atomic mass is 32.2. The minimum Gasteiger partial charge on any atom is -0.494 e. The molecule has 3 aromatic heterocycles. The molecule has 1 N–H and O–H groups in total. The van der Waals surface area contributed by atoms with Crippen LogP contribution in [-0.4, -0.2) is 74.4 Å². The van der Waals surface area contributed by atoms with Crippen molar-refractivity contribution in [3.63, 3.8) is 0 Å². The number of hydrogen-bond acceptors (Lipinski definition) is 9. The second-order valence-corrected chi connectivity index (χ2v) is 11.8. The van der Waals surface area contributed by atoms with Crippen molar-refractivity contribution in [3.05, 3.63) is 41.7 Å². The molecule has 0 radical (unpaired) electrons. The summed E-state index contributed by atoms with van der Waals surface area (Å²) < 4.78 is 62.6. The van der Waals surface area contributed by atoms with Gasteiger partial charge in [-0.25, -0.2) is 22.8 Å². The molecule has 1 atom stereocenters. The SMILES string of the molecule is COc1cc2nc(F)n3nc([C@@H]4CN(c5cn(CC(C)(C)O)nc5C)CCS4(=O)=O)nc3c2cc1F. The molecular formula is C22H25F2N7O4S. The monoisotopic (exact) mass is 521 g/mol. The highest BCUT2D eigenvalue weighted by Gasteiger charge is 2.38. The third kappa shape index (κ3) is 4.23. The van der Waals surface area contributed by atoms with Crippen LogP contribution in [0, 0.1) is 18.8 Å². The van der Waals surface area contributed by atoms with E-state index in [-0.39, 0.29) is 53.5 Å². The lowest BCUT2D eigenvalue weighted by Crippen LogP contribution is -2.43. The van der Waals surface area contributed by atoms with Gasteiger partial charge in [0, 0.05) is 30.7 Å². The van der Waals surface area contributed by atoms with Gasteiger partial charge in [-0.15, -0.1) is 5.10 Å². The van der Waals surface area contributed by atoms with E-state index in [4.69, 9.17) is 4.74 Å². The van der Waals surface area contributed by atoms with E-state index in [0.717, 1.165) is 16.3 Å². The first kappa shape index (κ1) is 24.3. The molecule has 0 spiro atoms. The average Bonchev–Trinajstić information content (AvgIpc) is 3.37. The lowest BCUT2D eigenvalue weighted by Gasteiger charge is -2.32. The number of benzene rings is 1. The molecule has 11 nitrogen and oxygen atoms in total. The van der Waals surface area contributed by atoms with Crippen LogP contribution in [0.25, 0.3) is 16.6 Å². The summed E-state index contributed by atoms with van der Waals surface area (Å²) in [5.41, 5.74) is 0.464. The summed E-state index contributed by atoms with van der Waals surface area (Å²) in [6.07, 6.45) is 0.742. The first-order chi connectivity index (χ1) is 16.9. The molecule has 1 saturated heterocycles. The van der Waals surface area contributed by atoms with Crippen LogP contribution in [-0.2, 0) is 16.4 Å². The summed E-state index contributed by atoms with van der Waals surface area (Å²) in [4.78, 5) is 10.00. The first-order valence-electron chi connectivity index (χ1n) is 11.2. The first-order valence-corrected chi connectivity index (χ1v) is 12.9. The van der Waals surface area contributed by atoms with Crippen LogP contribution in [0.2, 0.25) is 0 Å². The number of aliphatic hydroxyl groups is 1. The molecule has 0 aliphatic carbocycles. The van der Waals surface area contributed by atoms with Crippen LogP contribution >= 0.6 is 0 Å². The zero-order chi connectivity index (χ0) is 26.0. The van der Waals surface area contributed by atoms with Crippen LogP contribution in [0.4, 0.5) is 14.5 Å². The summed E-state index contributed by atoms with van der Waals surface area (Å²) in [5, 5.41) is 17.7. The van der Waals surface area contributed by atoms with E-state index >= 15 is 0 Å². The highest BCUT2D eigenvalue weighted by molar-refractivity contribution is 7.91. The van der Waals surface area contributed by atoms with Gasteiger partial charge in [-0.05, 0) is 26.8 Å². The van der Waals surface area contributed by atoms with Gasteiger partial charge in [0.2, 0.25) is 0 Å². The van der Waals surface area contributed by atoms with Gasteiger partial charge in [-0.1, -0.05) is 0 Å². The van der Waals surface area contributed by atoms with Gasteiger partial charge < -0.3 is 14.7 Å². The number of anilines is 1. The van der Waals surface area contributed by atoms with E-state index < -0.39 is 32.6 Å². The van der Waals surface area contributed by atoms with Crippen molar-refractivity contribution in [2.75, 3.05) is 30.9 Å². The molecule has 0 amide bonds. The minimum atomic E-state index is -3.67. The van der Waals surface area contributed by atoms with Gasteiger partial charge in [0.05, 0.1) is 41.9 Å². The maximum absolute atomic E-state index is 14.8. The molecule has 1 aliphatic heterocycles. The van der Waals surface area contributed by atoms with E-state index in [1.165, 1.54) is 13.2 Å². The Morgan fingerprint density at radius 1 is 1.22 bits per heavy atom. The molecule has 1 aromatic carbocycles. The van der Waals surface area contributed by atoms with Crippen molar-refractivity contribution in [2.45, 2.75) is 38.2 Å². The number of ether oxygens (including phenoxy) is 1. The summed E-state index contributed by atoms with van der Waals surface area (Å²) >= 11 is 0. The quantitative estimate of drug-likeness (QED) is 0.391. The zero-order valence-electron chi connectivity index (χ0n) is 20.1. The lowest BCUT2D eigenvalue weighted by molar-refractivity contribution is 0.0577. The van der Waals surface area contributed by atoms with Crippen LogP contribution in [0.5, 0.6) is 5.75 Å². The number of halogens is 2. The zero-order valence-corrected chi connectivity index (χ0v) is 20.9. The van der Waals surface area contributed by atoms with Gasteiger partial charge in [0.1, 0.15) is 5.25 Å². The Morgan fingerprint density at radius 3 is 2.67 bits per heavy atom. The smallest absolute Gasteiger partial charge is 0.312 e. The summed E-state index contributed by atoms with van der Waals surface area (Å²) in [6.45, 7) is 5.64. The third-order valence-corrected chi connectivity index (χ3v) is 8.06. The van der Waals surface area contributed by atoms with Crippen LogP contribution in [0.3, 0.4) is 0 Å². The van der Waals surface area contributed by atoms with Gasteiger partial charge in [-0.2, -0.15) is 14.0 Å². The Labute approximate surface area is 205 Å². The maximum Gasteiger partial charge on any atom is 0.312 e. The Morgan fingerprint density at radius 2 is 1.97 bits per heavy atom. The Hall–Kier alpha value is -3.39.